The monoisotopic (exact) mass is 452 g/mol. The van der Waals surface area contributed by atoms with Crippen LogP contribution < -0.4 is 0 Å². The third kappa shape index (κ3) is 4.64. The molecule has 0 bridgehead atoms. The lowest BCUT2D eigenvalue weighted by atomic mass is 9.98. The minimum absolute atomic E-state index is 0.271. The first kappa shape index (κ1) is 21.4. The predicted molar refractivity (Wildman–Crippen MR) is 122 cm³/mol. The van der Waals surface area contributed by atoms with Crippen molar-refractivity contribution in [1.82, 2.24) is 0 Å². The van der Waals surface area contributed by atoms with Crippen molar-refractivity contribution in [3.8, 4) is 19.5 Å². The molecule has 3 nitrogen and oxygen atoms in total. The van der Waals surface area contributed by atoms with E-state index < -0.39 is 14.6 Å². The Morgan fingerprint density at radius 2 is 1.61 bits per heavy atom. The van der Waals surface area contributed by atoms with Crippen LogP contribution >= 0.6 is 34.0 Å². The molecule has 28 heavy (non-hydrogen) atoms. The topological polar surface area (TPSA) is 51.2 Å². The molecule has 0 amide bonds. The van der Waals surface area contributed by atoms with Gasteiger partial charge < -0.3 is 0 Å². The molecule has 0 radical (unpaired) electrons. The molecular weight excluding hydrogens is 428 g/mol. The van der Waals surface area contributed by atoms with Gasteiger partial charge in [0.25, 0.3) is 0 Å². The molecule has 7 heteroatoms. The average molecular weight is 453 g/mol. The Hall–Kier alpha value is -1.28. The van der Waals surface area contributed by atoms with Crippen LogP contribution in [-0.2, 0) is 21.1 Å². The number of hydrogen-bond donors (Lipinski definition) is 0. The number of carbonyl (C=O) groups is 1. The molecule has 3 rings (SSSR count). The first-order chi connectivity index (χ1) is 13.2. The maximum Gasteiger partial charge on any atom is 0.159 e. The highest BCUT2D eigenvalue weighted by Crippen LogP contribution is 2.39. The first-order valence-corrected chi connectivity index (χ1v) is 13.5. The fraction of sp³-hybridized carbons (Fsp3) is 0.381. The van der Waals surface area contributed by atoms with Crippen molar-refractivity contribution < 1.29 is 13.2 Å². The molecule has 3 aromatic rings. The zero-order chi connectivity index (χ0) is 20.4. The van der Waals surface area contributed by atoms with E-state index in [0.29, 0.717) is 6.42 Å². The van der Waals surface area contributed by atoms with Gasteiger partial charge in [-0.3, -0.25) is 4.79 Å². The van der Waals surface area contributed by atoms with Crippen molar-refractivity contribution in [2.45, 2.75) is 44.3 Å². The van der Waals surface area contributed by atoms with Gasteiger partial charge in [0.15, 0.2) is 15.6 Å². The quantitative estimate of drug-likeness (QED) is 0.357. The van der Waals surface area contributed by atoms with Gasteiger partial charge >= 0.3 is 0 Å². The summed E-state index contributed by atoms with van der Waals surface area (Å²) < 4.78 is 22.7. The number of sulfone groups is 1. The van der Waals surface area contributed by atoms with Crippen LogP contribution in [0.1, 0.15) is 38.0 Å². The first-order valence-electron chi connectivity index (χ1n) is 9.14. The van der Waals surface area contributed by atoms with Crippen LogP contribution in [0.25, 0.3) is 19.5 Å². The van der Waals surface area contributed by atoms with Gasteiger partial charge in [0, 0.05) is 30.6 Å². The molecule has 0 aromatic carbocycles. The largest absolute Gasteiger partial charge is 0.298 e. The van der Waals surface area contributed by atoms with E-state index in [1.54, 1.807) is 29.6 Å². The summed E-state index contributed by atoms with van der Waals surface area (Å²) in [5.41, 5.74) is 0. The molecule has 0 saturated carbocycles. The summed E-state index contributed by atoms with van der Waals surface area (Å²) in [6.07, 6.45) is 4.05. The van der Waals surface area contributed by atoms with Gasteiger partial charge in [-0.2, -0.15) is 0 Å². The lowest BCUT2D eigenvalue weighted by Gasteiger charge is -2.24. The SMILES string of the molecule is CC(=O)C(C)(CCCCc1ccc(-c2ccc(-c3cccs3)s2)s1)S(C)(=O)=O. The number of carbonyl (C=O) groups excluding carboxylic acids is 1. The molecule has 0 fully saturated rings. The number of thiophene rings is 3. The zero-order valence-electron chi connectivity index (χ0n) is 16.2. The summed E-state index contributed by atoms with van der Waals surface area (Å²) in [6.45, 7) is 2.92. The standard InChI is InChI=1S/C21H24O3S4/c1-15(22)21(2,28(3,23)24)13-5-4-7-16-9-10-19(26-16)20-12-11-18(27-20)17-8-6-14-25-17/h6,8-12,14H,4-5,7,13H2,1-3H3. The van der Waals surface area contributed by atoms with Gasteiger partial charge in [-0.05, 0) is 68.8 Å². The van der Waals surface area contributed by atoms with Crippen LogP contribution in [0.15, 0.2) is 41.8 Å². The van der Waals surface area contributed by atoms with Crippen LogP contribution in [0.5, 0.6) is 0 Å². The van der Waals surface area contributed by atoms with E-state index in [4.69, 9.17) is 0 Å². The molecule has 3 heterocycles. The summed E-state index contributed by atoms with van der Waals surface area (Å²) in [7, 11) is -3.40. The van der Waals surface area contributed by atoms with Crippen molar-refractivity contribution in [1.29, 1.82) is 0 Å². The van der Waals surface area contributed by atoms with Gasteiger partial charge in [-0.15, -0.1) is 34.0 Å². The molecule has 150 valence electrons. The highest BCUT2D eigenvalue weighted by molar-refractivity contribution is 7.92. The van der Waals surface area contributed by atoms with E-state index in [0.717, 1.165) is 25.5 Å². The molecule has 0 saturated heterocycles. The van der Waals surface area contributed by atoms with Gasteiger partial charge in [-0.1, -0.05) is 12.5 Å². The van der Waals surface area contributed by atoms with E-state index >= 15 is 0 Å². The fourth-order valence-electron chi connectivity index (χ4n) is 3.05. The van der Waals surface area contributed by atoms with E-state index in [1.165, 1.54) is 31.3 Å². The number of Topliss-reactive ketones (excluding diaryl/α,β-unsaturated/α-hetero) is 1. The molecule has 0 spiro atoms. The third-order valence-corrected chi connectivity index (χ3v) is 10.8. The second-order valence-corrected chi connectivity index (χ2v) is 12.8. The Labute approximate surface area is 179 Å². The second kappa shape index (κ2) is 8.61. The Morgan fingerprint density at radius 1 is 0.964 bits per heavy atom. The van der Waals surface area contributed by atoms with E-state index in [1.807, 2.05) is 11.3 Å². The van der Waals surface area contributed by atoms with E-state index in [2.05, 4.69) is 41.8 Å². The predicted octanol–water partition coefficient (Wildman–Crippen LogP) is 6.31. The van der Waals surface area contributed by atoms with Crippen LogP contribution in [0.4, 0.5) is 0 Å². The number of hydrogen-bond acceptors (Lipinski definition) is 6. The molecule has 0 aliphatic rings. The Kier molecular flexibility index (Phi) is 6.59. The number of unbranched alkanes of at least 4 members (excludes halogenated alkanes) is 1. The molecule has 3 aromatic heterocycles. The van der Waals surface area contributed by atoms with E-state index in [-0.39, 0.29) is 5.78 Å². The number of ketones is 1. The third-order valence-electron chi connectivity index (χ3n) is 5.16. The lowest BCUT2D eigenvalue weighted by Crippen LogP contribution is -2.41. The van der Waals surface area contributed by atoms with E-state index in [9.17, 15) is 13.2 Å². The fourth-order valence-corrected chi connectivity index (χ4v) is 7.07. The molecule has 1 unspecified atom stereocenters. The summed E-state index contributed by atoms with van der Waals surface area (Å²) in [5.74, 6) is -0.271. The molecular formula is C21H24O3S4. The highest BCUT2D eigenvalue weighted by Gasteiger charge is 2.39. The van der Waals surface area contributed by atoms with Crippen molar-refractivity contribution in [2.24, 2.45) is 0 Å². The number of aryl methyl sites for hydroxylation is 1. The smallest absolute Gasteiger partial charge is 0.159 e. The minimum atomic E-state index is -3.40. The zero-order valence-corrected chi connectivity index (χ0v) is 19.5. The van der Waals surface area contributed by atoms with Gasteiger partial charge in [0.05, 0.1) is 0 Å². The maximum atomic E-state index is 12.0. The summed E-state index contributed by atoms with van der Waals surface area (Å²) in [6, 6.07) is 12.9. The van der Waals surface area contributed by atoms with Crippen LogP contribution in [0.3, 0.4) is 0 Å². The number of rotatable bonds is 9. The van der Waals surface area contributed by atoms with Crippen LogP contribution in [-0.4, -0.2) is 25.2 Å². The Balaban J connectivity index is 1.58. The normalized spacial score (nSPS) is 14.1. The van der Waals surface area contributed by atoms with Crippen molar-refractivity contribution in [2.75, 3.05) is 6.26 Å². The summed E-state index contributed by atoms with van der Waals surface area (Å²) in [4.78, 5) is 18.3. The molecule has 0 aliphatic carbocycles. The second-order valence-electron chi connectivity index (χ2n) is 7.17. The Morgan fingerprint density at radius 3 is 2.21 bits per heavy atom. The van der Waals surface area contributed by atoms with Crippen molar-refractivity contribution in [3.05, 3.63) is 46.7 Å². The van der Waals surface area contributed by atoms with Crippen molar-refractivity contribution >= 4 is 49.6 Å². The Bertz CT molecular complexity index is 1040. The van der Waals surface area contributed by atoms with Gasteiger partial charge in [-0.25, -0.2) is 8.42 Å². The molecule has 0 aliphatic heterocycles. The highest BCUT2D eigenvalue weighted by atomic mass is 32.2. The summed E-state index contributed by atoms with van der Waals surface area (Å²) >= 11 is 5.36. The van der Waals surface area contributed by atoms with Gasteiger partial charge in [0.2, 0.25) is 0 Å². The molecule has 0 N–H and O–H groups in total. The van der Waals surface area contributed by atoms with Crippen LogP contribution in [0.2, 0.25) is 0 Å². The summed E-state index contributed by atoms with van der Waals surface area (Å²) in [5, 5.41) is 2.10. The average Bonchev–Trinajstić information content (AvgIpc) is 3.37. The van der Waals surface area contributed by atoms with Gasteiger partial charge in [0.1, 0.15) is 4.75 Å². The molecule has 1 atom stereocenters. The van der Waals surface area contributed by atoms with Crippen molar-refractivity contribution in [3.63, 3.8) is 0 Å². The lowest BCUT2D eigenvalue weighted by molar-refractivity contribution is -0.119. The van der Waals surface area contributed by atoms with Crippen LogP contribution in [0, 0.1) is 0 Å². The maximum absolute atomic E-state index is 12.0. The minimum Gasteiger partial charge on any atom is -0.298 e.